The Morgan fingerprint density at radius 3 is 2.62 bits per heavy atom. The molecule has 122 valence electrons. The second kappa shape index (κ2) is 6.62. The molecule has 1 saturated heterocycles. The molecule has 1 atom stereocenters. The summed E-state index contributed by atoms with van der Waals surface area (Å²) >= 11 is 0. The van der Waals surface area contributed by atoms with Gasteiger partial charge in [0.2, 0.25) is 15.9 Å². The third kappa shape index (κ3) is 4.17. The molecule has 1 aliphatic heterocycles. The number of ether oxygens (including phenoxy) is 1. The number of carbonyl (C=O) groups excluding carboxylic acids is 1. The minimum atomic E-state index is -3.36. The summed E-state index contributed by atoms with van der Waals surface area (Å²) in [6.45, 7) is 4.84. The van der Waals surface area contributed by atoms with E-state index in [1.165, 1.54) is 6.42 Å². The number of rotatable bonds is 4. The molecule has 0 bridgehead atoms. The molecule has 2 fully saturated rings. The minimum absolute atomic E-state index is 0.0162. The normalized spacial score (nSPS) is 24.0. The third-order valence-electron chi connectivity index (χ3n) is 4.43. The Labute approximate surface area is 127 Å². The molecule has 0 radical (unpaired) electrons. The van der Waals surface area contributed by atoms with Gasteiger partial charge in [-0.2, -0.15) is 0 Å². The molecule has 1 aliphatic carbocycles. The highest BCUT2D eigenvalue weighted by atomic mass is 32.2. The van der Waals surface area contributed by atoms with Crippen LogP contribution >= 0.6 is 0 Å². The largest absolute Gasteiger partial charge is 0.371 e. The highest BCUT2D eigenvalue weighted by molar-refractivity contribution is 7.89. The predicted molar refractivity (Wildman–Crippen MR) is 80.4 cm³/mol. The Kier molecular flexibility index (Phi) is 5.27. The summed E-state index contributed by atoms with van der Waals surface area (Å²) in [6, 6.07) is -0.714. The van der Waals surface area contributed by atoms with Crippen molar-refractivity contribution in [2.75, 3.05) is 25.4 Å². The van der Waals surface area contributed by atoms with Crippen molar-refractivity contribution in [3.05, 3.63) is 0 Å². The summed E-state index contributed by atoms with van der Waals surface area (Å²) < 4.78 is 31.6. The molecule has 6 nitrogen and oxygen atoms in total. The van der Waals surface area contributed by atoms with E-state index in [1.807, 2.05) is 0 Å². The van der Waals surface area contributed by atoms with Crippen molar-refractivity contribution in [3.63, 3.8) is 0 Å². The predicted octanol–water partition coefficient (Wildman–Crippen LogP) is 0.876. The van der Waals surface area contributed by atoms with Crippen LogP contribution in [0.25, 0.3) is 0 Å². The van der Waals surface area contributed by atoms with Gasteiger partial charge in [-0.3, -0.25) is 4.79 Å². The summed E-state index contributed by atoms with van der Waals surface area (Å²) in [6.07, 6.45) is 5.49. The van der Waals surface area contributed by atoms with Crippen LogP contribution in [0.1, 0.15) is 46.0 Å². The lowest BCUT2D eigenvalue weighted by Gasteiger charge is -2.45. The van der Waals surface area contributed by atoms with Crippen molar-refractivity contribution in [1.29, 1.82) is 0 Å². The minimum Gasteiger partial charge on any atom is -0.371 e. The molecule has 0 aromatic rings. The van der Waals surface area contributed by atoms with Crippen LogP contribution in [-0.2, 0) is 19.6 Å². The van der Waals surface area contributed by atoms with Crippen LogP contribution < -0.4 is 4.72 Å². The van der Waals surface area contributed by atoms with E-state index in [2.05, 4.69) is 4.72 Å². The number of amides is 1. The molecular weight excluding hydrogens is 292 g/mol. The highest BCUT2D eigenvalue weighted by Crippen LogP contribution is 2.34. The quantitative estimate of drug-likeness (QED) is 0.835. The molecule has 1 N–H and O–H groups in total. The van der Waals surface area contributed by atoms with Crippen molar-refractivity contribution < 1.29 is 17.9 Å². The maximum absolute atomic E-state index is 12.5. The fourth-order valence-electron chi connectivity index (χ4n) is 3.21. The Hall–Kier alpha value is -0.660. The van der Waals surface area contributed by atoms with E-state index in [0.717, 1.165) is 25.7 Å². The number of hydrogen-bond acceptors (Lipinski definition) is 4. The average molecular weight is 318 g/mol. The topological polar surface area (TPSA) is 75.7 Å². The van der Waals surface area contributed by atoms with Crippen molar-refractivity contribution >= 4 is 15.9 Å². The Morgan fingerprint density at radius 1 is 1.33 bits per heavy atom. The summed E-state index contributed by atoms with van der Waals surface area (Å²) in [4.78, 5) is 14.2. The molecule has 1 heterocycles. The number of sulfonamides is 1. The summed E-state index contributed by atoms with van der Waals surface area (Å²) in [5.41, 5.74) is -0.199. The summed E-state index contributed by atoms with van der Waals surface area (Å²) in [5, 5.41) is 0. The Balaban J connectivity index is 1.98. The van der Waals surface area contributed by atoms with E-state index >= 15 is 0 Å². The van der Waals surface area contributed by atoms with Crippen LogP contribution in [0.4, 0.5) is 0 Å². The van der Waals surface area contributed by atoms with Gasteiger partial charge in [-0.1, -0.05) is 19.3 Å². The van der Waals surface area contributed by atoms with Gasteiger partial charge < -0.3 is 9.64 Å². The maximum atomic E-state index is 12.5. The second-order valence-electron chi connectivity index (χ2n) is 6.09. The Bertz CT molecular complexity index is 466. The zero-order chi connectivity index (χ0) is 15.5. The van der Waals surface area contributed by atoms with Gasteiger partial charge in [0.05, 0.1) is 24.0 Å². The smallest absolute Gasteiger partial charge is 0.240 e. The number of nitrogens with zero attached hydrogens (tertiary/aromatic N) is 1. The van der Waals surface area contributed by atoms with Gasteiger partial charge in [-0.05, 0) is 26.7 Å². The van der Waals surface area contributed by atoms with Gasteiger partial charge in [-0.25, -0.2) is 13.1 Å². The fourth-order valence-corrected chi connectivity index (χ4v) is 4.01. The van der Waals surface area contributed by atoms with E-state index < -0.39 is 16.1 Å². The summed E-state index contributed by atoms with van der Waals surface area (Å²) in [7, 11) is -3.36. The van der Waals surface area contributed by atoms with Crippen LogP contribution in [0.5, 0.6) is 0 Å². The van der Waals surface area contributed by atoms with Crippen molar-refractivity contribution in [2.24, 2.45) is 0 Å². The molecule has 0 aromatic heterocycles. The first-order chi connectivity index (χ1) is 9.87. The van der Waals surface area contributed by atoms with E-state index in [1.54, 1.807) is 18.7 Å². The average Bonchev–Trinajstić information content (AvgIpc) is 2.47. The van der Waals surface area contributed by atoms with Gasteiger partial charge in [0.1, 0.15) is 0 Å². The van der Waals surface area contributed by atoms with Crippen LogP contribution in [0.2, 0.25) is 0 Å². The lowest BCUT2D eigenvalue weighted by molar-refractivity contribution is -0.157. The van der Waals surface area contributed by atoms with Gasteiger partial charge in [0.25, 0.3) is 0 Å². The molecule has 1 saturated carbocycles. The number of hydrogen-bond donors (Lipinski definition) is 1. The second-order valence-corrected chi connectivity index (χ2v) is 8.14. The molecule has 1 amide bonds. The van der Waals surface area contributed by atoms with E-state index in [4.69, 9.17) is 4.74 Å². The maximum Gasteiger partial charge on any atom is 0.240 e. The van der Waals surface area contributed by atoms with E-state index in [-0.39, 0.29) is 17.3 Å². The first kappa shape index (κ1) is 16.7. The molecule has 21 heavy (non-hydrogen) atoms. The van der Waals surface area contributed by atoms with Gasteiger partial charge in [-0.15, -0.1) is 0 Å². The van der Waals surface area contributed by atoms with E-state index in [9.17, 15) is 13.2 Å². The number of morpholine rings is 1. The number of nitrogens with one attached hydrogen (secondary N) is 1. The highest BCUT2D eigenvalue weighted by Gasteiger charge is 2.40. The third-order valence-corrected chi connectivity index (χ3v) is 5.90. The SMILES string of the molecule is CCS(=O)(=O)N[C@H](C)C(=O)N1CCOC2(CCCCC2)C1. The molecule has 0 aromatic carbocycles. The van der Waals surface area contributed by atoms with Crippen LogP contribution in [-0.4, -0.2) is 56.3 Å². The van der Waals surface area contributed by atoms with Gasteiger partial charge >= 0.3 is 0 Å². The lowest BCUT2D eigenvalue weighted by Crippen LogP contribution is -2.58. The molecule has 1 spiro atoms. The lowest BCUT2D eigenvalue weighted by atomic mass is 9.83. The first-order valence-electron chi connectivity index (χ1n) is 7.80. The van der Waals surface area contributed by atoms with Crippen LogP contribution in [0, 0.1) is 0 Å². The van der Waals surface area contributed by atoms with Gasteiger partial charge in [0.15, 0.2) is 0 Å². The first-order valence-corrected chi connectivity index (χ1v) is 9.45. The van der Waals surface area contributed by atoms with Crippen molar-refractivity contribution in [2.45, 2.75) is 57.6 Å². The monoisotopic (exact) mass is 318 g/mol. The molecule has 0 unspecified atom stereocenters. The van der Waals surface area contributed by atoms with E-state index in [0.29, 0.717) is 19.7 Å². The molecule has 7 heteroatoms. The standard InChI is InChI=1S/C14H26N2O4S/c1-3-21(18,19)15-12(2)13(17)16-9-10-20-14(11-16)7-5-4-6-8-14/h12,15H,3-11H2,1-2H3/t12-/m1/s1. The zero-order valence-corrected chi connectivity index (χ0v) is 13.7. The fraction of sp³-hybridized carbons (Fsp3) is 0.929. The molecule has 2 aliphatic rings. The Morgan fingerprint density at radius 2 is 2.00 bits per heavy atom. The van der Waals surface area contributed by atoms with Crippen LogP contribution in [0.15, 0.2) is 0 Å². The van der Waals surface area contributed by atoms with Crippen LogP contribution in [0.3, 0.4) is 0 Å². The van der Waals surface area contributed by atoms with Crippen molar-refractivity contribution in [1.82, 2.24) is 9.62 Å². The van der Waals surface area contributed by atoms with Crippen molar-refractivity contribution in [3.8, 4) is 0 Å². The number of carbonyl (C=O) groups is 1. The molecular formula is C14H26N2O4S. The zero-order valence-electron chi connectivity index (χ0n) is 12.9. The summed E-state index contributed by atoms with van der Waals surface area (Å²) in [5.74, 6) is -0.169. The van der Waals surface area contributed by atoms with Gasteiger partial charge in [0, 0.05) is 13.1 Å². The molecule has 2 rings (SSSR count).